The number of nitrogens with zero attached hydrogens (tertiary/aromatic N) is 3. The summed E-state index contributed by atoms with van der Waals surface area (Å²) in [7, 11) is 0. The zero-order valence-corrected chi connectivity index (χ0v) is 75.1. The van der Waals surface area contributed by atoms with E-state index in [-0.39, 0.29) is 31.7 Å². The first-order chi connectivity index (χ1) is 53.6. The molecule has 1 N–H and O–H groups in total. The number of anilines is 9. The van der Waals surface area contributed by atoms with Crippen LogP contribution in [0.25, 0.3) is 0 Å². The summed E-state index contributed by atoms with van der Waals surface area (Å²) in [5, 5.41) is 12.8. The molecule has 1 heterocycles. The average Bonchev–Trinajstić information content (AvgIpc) is 0.691. The number of fused-ring (bicyclic) bond motifs is 2. The van der Waals surface area contributed by atoms with E-state index < -0.39 is 11.0 Å². The van der Waals surface area contributed by atoms with E-state index in [0.29, 0.717) is 11.1 Å². The van der Waals surface area contributed by atoms with Crippen LogP contribution in [-0.2, 0) is 11.0 Å². The Hall–Kier alpha value is -8.54. The van der Waals surface area contributed by atoms with Crippen LogP contribution in [0, 0.1) is 41.5 Å². The maximum atomic E-state index is 12.8. The monoisotopic (exact) mass is 1920 g/mol. The Morgan fingerprint density at radius 2 is 0.643 bits per heavy atom. The summed E-state index contributed by atoms with van der Waals surface area (Å²) in [6, 6.07) is 123. The third kappa shape index (κ3) is 18.8. The molecule has 0 saturated heterocycles. The summed E-state index contributed by atoms with van der Waals surface area (Å²) in [5.41, 5.74) is 24.3. The molecule has 112 heavy (non-hydrogen) atoms. The van der Waals surface area contributed by atoms with Gasteiger partial charge < -0.3 is 22.7 Å². The second-order valence-electron chi connectivity index (χ2n) is 27.5. The first-order valence-corrected chi connectivity index (χ1v) is 41.8. The van der Waals surface area contributed by atoms with Crippen LogP contribution in [0.1, 0.15) is 91.1 Å². The van der Waals surface area contributed by atoms with Gasteiger partial charge in [0.15, 0.2) is 5.78 Å². The van der Waals surface area contributed by atoms with Gasteiger partial charge in [-0.05, 0) is 279 Å². The number of hydrogen-bond acceptors (Lipinski definition) is 5. The van der Waals surface area contributed by atoms with Crippen LogP contribution < -0.4 is 14.7 Å². The number of benzene rings is 15. The molecule has 0 aliphatic carbocycles. The van der Waals surface area contributed by atoms with Gasteiger partial charge in [0.05, 0.1) is 28.2 Å². The van der Waals surface area contributed by atoms with Gasteiger partial charge in [0.1, 0.15) is 5.60 Å². The minimum atomic E-state index is -1.40. The third-order valence-electron chi connectivity index (χ3n) is 19.7. The Kier molecular flexibility index (Phi) is 27.8. The van der Waals surface area contributed by atoms with E-state index in [1.54, 1.807) is 0 Å². The van der Waals surface area contributed by atoms with Crippen LogP contribution in [0.2, 0.25) is 0 Å². The number of hydrogen-bond donors (Lipinski definition) is 1. The summed E-state index contributed by atoms with van der Waals surface area (Å²) >= 11 is 24.8. The Morgan fingerprint density at radius 3 is 1.04 bits per heavy atom. The molecule has 554 valence electrons. The van der Waals surface area contributed by atoms with Gasteiger partial charge in [0.2, 0.25) is 0 Å². The second-order valence-corrected chi connectivity index (χ2v) is 33.9. The molecular formula is C99H80Br7MgN3O2. The normalized spacial score (nSPS) is 11.7. The Morgan fingerprint density at radius 1 is 0.330 bits per heavy atom. The van der Waals surface area contributed by atoms with Crippen LogP contribution in [-0.4, -0.2) is 33.9 Å². The minimum absolute atomic E-state index is 0. The van der Waals surface area contributed by atoms with Crippen molar-refractivity contribution in [2.75, 3.05) is 14.7 Å². The van der Waals surface area contributed by atoms with Gasteiger partial charge in [0.25, 0.3) is 0 Å². The molecule has 0 radical (unpaired) electrons. The van der Waals surface area contributed by atoms with Crippen molar-refractivity contribution in [1.29, 1.82) is 0 Å². The molecule has 0 atom stereocenters. The van der Waals surface area contributed by atoms with Gasteiger partial charge >= 0.3 is 23.1 Å². The summed E-state index contributed by atoms with van der Waals surface area (Å²) < 4.78 is 7.10. The summed E-state index contributed by atoms with van der Waals surface area (Å²) in [6.07, 6.45) is 0. The van der Waals surface area contributed by atoms with Crippen molar-refractivity contribution in [1.82, 2.24) is 0 Å². The first kappa shape index (κ1) is 82.9. The smallest absolute Gasteiger partial charge is 1.00 e. The Balaban J connectivity index is 0.000000167. The number of rotatable bonds is 14. The van der Waals surface area contributed by atoms with E-state index in [4.69, 9.17) is 0 Å². The molecule has 15 aromatic carbocycles. The van der Waals surface area contributed by atoms with E-state index in [1.165, 1.54) is 72.7 Å². The van der Waals surface area contributed by atoms with Crippen LogP contribution in [0.4, 0.5) is 51.2 Å². The molecule has 5 nitrogen and oxygen atoms in total. The molecular weight excluding hydrogens is 1850 g/mol. The van der Waals surface area contributed by atoms with E-state index >= 15 is 0 Å². The van der Waals surface area contributed by atoms with Crippen LogP contribution in [0.3, 0.4) is 0 Å². The fourth-order valence-electron chi connectivity index (χ4n) is 14.0. The largest absolute Gasteiger partial charge is 2.00 e. The van der Waals surface area contributed by atoms with Gasteiger partial charge in [-0.2, -0.15) is 0 Å². The quantitative estimate of drug-likeness (QED) is 0.0668. The summed E-state index contributed by atoms with van der Waals surface area (Å²) in [6.45, 7) is 12.7. The van der Waals surface area contributed by atoms with Crippen molar-refractivity contribution in [2.24, 2.45) is 0 Å². The fourth-order valence-corrected chi connectivity index (χ4v) is 16.1. The molecule has 13 heteroatoms. The molecule has 15 aromatic rings. The fraction of sp³-hybridized carbons (Fsp3) is 0.0808. The van der Waals surface area contributed by atoms with Crippen molar-refractivity contribution < 1.29 is 12.8 Å². The number of para-hydroxylation sites is 3. The minimum Gasteiger partial charge on any atom is -1.00 e. The molecule has 0 saturated carbocycles. The van der Waals surface area contributed by atoms with E-state index in [1.807, 2.05) is 121 Å². The number of carbonyl (C=O) groups is 1. The molecule has 1 aliphatic heterocycles. The Bertz CT molecular complexity index is 5460. The van der Waals surface area contributed by atoms with Crippen LogP contribution in [0.5, 0.6) is 0 Å². The van der Waals surface area contributed by atoms with Crippen molar-refractivity contribution >= 4 is 192 Å². The second kappa shape index (κ2) is 37.6. The predicted molar refractivity (Wildman–Crippen MR) is 497 cm³/mol. The van der Waals surface area contributed by atoms with Gasteiger partial charge in [0, 0.05) is 76.4 Å². The van der Waals surface area contributed by atoms with Gasteiger partial charge in [-0.15, -0.1) is 0 Å². The van der Waals surface area contributed by atoms with Crippen molar-refractivity contribution in [2.45, 2.75) is 52.6 Å². The van der Waals surface area contributed by atoms with E-state index in [2.05, 4.69) is 404 Å². The molecule has 0 amide bonds. The number of carbonyl (C=O) groups excluding carboxylic acids is 1. The molecule has 0 unspecified atom stereocenters. The number of halogens is 7. The van der Waals surface area contributed by atoms with Crippen molar-refractivity contribution in [3.8, 4) is 0 Å². The summed E-state index contributed by atoms with van der Waals surface area (Å²) in [5.74, 6) is 0.0417. The molecule has 0 bridgehead atoms. The maximum Gasteiger partial charge on any atom is 2.00 e. The zero-order chi connectivity index (χ0) is 77.9. The topological polar surface area (TPSA) is 47.0 Å². The molecule has 0 fully saturated rings. The first-order valence-electron chi connectivity index (χ1n) is 36.3. The number of aryl methyl sites for hydroxylation is 6. The van der Waals surface area contributed by atoms with E-state index in [0.717, 1.165) is 82.1 Å². The Labute approximate surface area is 736 Å². The third-order valence-corrected chi connectivity index (χ3v) is 23.6. The van der Waals surface area contributed by atoms with Gasteiger partial charge in [-0.3, -0.25) is 4.79 Å². The summed E-state index contributed by atoms with van der Waals surface area (Å²) in [4.78, 5) is 18.9. The SMILES string of the molecule is Cc1ccc(N(c2ccc(C)cc2)c2ccccc2Br)cc1.Cc1ccc(N(c2ccc(C)cc2)c2ccccc2C(O)(c2ccc(Br)cc2)c2ccc(Br)cc2)cc1.Cc1ccc(N2c3ccccc3C(c3ccc(Br)cc3)(c3ccc(Br)cc3)c3cc(C)ccc32)cc1.O=C(c1ccc(Br)cc1)c1ccc(Br)cc1.[H-].[H-].[Mg+2]. The number of aliphatic hydroxyl groups is 1. The average molecular weight is 1930 g/mol. The van der Waals surface area contributed by atoms with Crippen molar-refractivity contribution in [3.05, 3.63) is 473 Å². The van der Waals surface area contributed by atoms with Gasteiger partial charge in [-0.1, -0.05) is 299 Å². The zero-order valence-electron chi connectivity index (χ0n) is 64.6. The van der Waals surface area contributed by atoms with Crippen LogP contribution in [0.15, 0.2) is 389 Å². The van der Waals surface area contributed by atoms with Crippen molar-refractivity contribution in [3.63, 3.8) is 0 Å². The maximum absolute atomic E-state index is 12.8. The van der Waals surface area contributed by atoms with E-state index in [9.17, 15) is 9.90 Å². The predicted octanol–water partition coefficient (Wildman–Crippen LogP) is 30.4. The molecule has 1 aliphatic rings. The molecule has 16 rings (SSSR count). The van der Waals surface area contributed by atoms with Gasteiger partial charge in [-0.25, -0.2) is 0 Å². The number of ketones is 1. The standard InChI is InChI=1S/C33H27Br2NO.C33H25Br2N.C20H18BrN.C13H8Br2O.Mg.2H/c1-23-7-19-29(20-8-23)36(30-21-9-24(2)10-22-30)32-6-4-3-5-31(32)33(37,25-11-15-27(34)16-12-25)26-13-17-28(35)18-14-26;1-22-7-18-28(19-8-22)36-31-6-4-3-5-29(31)33(24-10-14-26(34)15-11-24,25-12-16-27(35)17-13-25)30-21-23(2)9-20-32(30)36;1-15-7-11-17(12-8-15)22(18-13-9-16(2)10-14-18)20-6-4-3-5-19(20)21;14-11-5-1-9(2-6-11)13(16)10-3-7-12(15)8-4-10;;;/h3-22,37H,1-2H3;3-21H,1-2H3;3-14H,1-2H3;1-8H;;;/q;;;;+2;2*-1. The molecule has 0 aromatic heterocycles. The van der Waals surface area contributed by atoms with Crippen LogP contribution >= 0.6 is 112 Å². The molecule has 0 spiro atoms.